The van der Waals surface area contributed by atoms with Crippen LogP contribution in [0.25, 0.3) is 10.9 Å². The molecule has 0 radical (unpaired) electrons. The summed E-state index contributed by atoms with van der Waals surface area (Å²) in [7, 11) is -3.71. The van der Waals surface area contributed by atoms with Gasteiger partial charge in [-0.3, -0.25) is 9.59 Å². The highest BCUT2D eigenvalue weighted by Crippen LogP contribution is 2.24. The van der Waals surface area contributed by atoms with E-state index in [-0.39, 0.29) is 24.4 Å². The normalized spacial score (nSPS) is 14.7. The van der Waals surface area contributed by atoms with Gasteiger partial charge in [0, 0.05) is 42.3 Å². The van der Waals surface area contributed by atoms with Gasteiger partial charge in [-0.2, -0.15) is 4.31 Å². The van der Waals surface area contributed by atoms with Crippen LogP contribution in [0.1, 0.15) is 24.0 Å². The molecule has 9 nitrogen and oxygen atoms in total. The molecule has 0 spiro atoms. The van der Waals surface area contributed by atoms with Crippen molar-refractivity contribution in [2.45, 2.75) is 31.1 Å². The van der Waals surface area contributed by atoms with E-state index in [9.17, 15) is 18.0 Å². The van der Waals surface area contributed by atoms with Crippen LogP contribution in [0.5, 0.6) is 0 Å². The third-order valence-electron chi connectivity index (χ3n) is 5.93. The third kappa shape index (κ3) is 6.08. The second kappa shape index (κ2) is 11.0. The molecule has 1 aliphatic rings. The molecule has 1 amide bonds. The van der Waals surface area contributed by atoms with Gasteiger partial charge in [0.05, 0.1) is 18.1 Å². The highest BCUT2D eigenvalue weighted by Gasteiger charge is 2.28. The Morgan fingerprint density at radius 1 is 1.14 bits per heavy atom. The molecule has 35 heavy (non-hydrogen) atoms. The van der Waals surface area contributed by atoms with E-state index in [1.54, 1.807) is 19.1 Å². The molecule has 1 aromatic heterocycles. The topological polar surface area (TPSA) is 118 Å². The first-order valence-electron chi connectivity index (χ1n) is 11.5. The number of morpholine rings is 1. The summed E-state index contributed by atoms with van der Waals surface area (Å²) in [6.45, 7) is 2.54. The third-order valence-corrected chi connectivity index (χ3v) is 7.97. The largest absolute Gasteiger partial charge is 0.456 e. The second-order valence-electron chi connectivity index (χ2n) is 8.42. The number of amides is 1. The standard InChI is InChI=1S/C25H29N3O6S/c1-18-9-10-20(15-23(18)35(31,32)28-11-13-33-14-12-28)27-24(29)17-34-25(30)8-4-5-19-16-26-22-7-3-2-6-21(19)22/h2-3,6-7,9-10,15-16,26H,4-5,8,11-14,17H2,1H3,(H,27,29). The van der Waals surface area contributed by atoms with Crippen molar-refractivity contribution in [3.63, 3.8) is 0 Å². The maximum Gasteiger partial charge on any atom is 0.306 e. The summed E-state index contributed by atoms with van der Waals surface area (Å²) in [6.07, 6.45) is 3.45. The number of aromatic amines is 1. The number of ether oxygens (including phenoxy) is 2. The molecule has 0 unspecified atom stereocenters. The number of nitrogens with one attached hydrogen (secondary N) is 2. The summed E-state index contributed by atoms with van der Waals surface area (Å²) in [5.74, 6) is -0.993. The number of para-hydroxylation sites is 1. The van der Waals surface area contributed by atoms with Gasteiger partial charge in [-0.1, -0.05) is 24.3 Å². The average Bonchev–Trinajstić information content (AvgIpc) is 3.27. The minimum absolute atomic E-state index is 0.131. The van der Waals surface area contributed by atoms with Gasteiger partial charge < -0.3 is 19.8 Å². The molecular formula is C25H29N3O6S. The number of sulfonamides is 1. The molecule has 2 N–H and O–H groups in total. The van der Waals surface area contributed by atoms with Gasteiger partial charge >= 0.3 is 5.97 Å². The van der Waals surface area contributed by atoms with E-state index in [1.807, 2.05) is 30.5 Å². The first kappa shape index (κ1) is 24.9. The predicted octanol–water partition coefficient (Wildman–Crippen LogP) is 3.00. The van der Waals surface area contributed by atoms with Crippen LogP contribution in [-0.2, 0) is 35.5 Å². The maximum atomic E-state index is 13.0. The number of esters is 1. The van der Waals surface area contributed by atoms with Crippen molar-refractivity contribution < 1.29 is 27.5 Å². The van der Waals surface area contributed by atoms with Crippen molar-refractivity contribution in [3.8, 4) is 0 Å². The predicted molar refractivity (Wildman–Crippen MR) is 132 cm³/mol. The van der Waals surface area contributed by atoms with Gasteiger partial charge in [-0.05, 0) is 49.1 Å². The monoisotopic (exact) mass is 499 g/mol. The quantitative estimate of drug-likeness (QED) is 0.437. The first-order chi connectivity index (χ1) is 16.8. The van der Waals surface area contributed by atoms with E-state index < -0.39 is 28.5 Å². The van der Waals surface area contributed by atoms with Crippen molar-refractivity contribution in [1.82, 2.24) is 9.29 Å². The Kier molecular flexibility index (Phi) is 7.84. The highest BCUT2D eigenvalue weighted by molar-refractivity contribution is 7.89. The zero-order valence-corrected chi connectivity index (χ0v) is 20.4. The smallest absolute Gasteiger partial charge is 0.306 e. The highest BCUT2D eigenvalue weighted by atomic mass is 32.2. The SMILES string of the molecule is Cc1ccc(NC(=O)COC(=O)CCCc2c[nH]c3ccccc23)cc1S(=O)(=O)N1CCOCC1. The lowest BCUT2D eigenvalue weighted by Gasteiger charge is -2.26. The lowest BCUT2D eigenvalue weighted by Crippen LogP contribution is -2.40. The Morgan fingerprint density at radius 3 is 2.71 bits per heavy atom. The molecule has 10 heteroatoms. The molecule has 1 saturated heterocycles. The molecular weight excluding hydrogens is 470 g/mol. The van der Waals surface area contributed by atoms with Crippen LogP contribution in [0.4, 0.5) is 5.69 Å². The molecule has 0 saturated carbocycles. The van der Waals surface area contributed by atoms with E-state index in [0.717, 1.165) is 22.9 Å². The van der Waals surface area contributed by atoms with Crippen LogP contribution in [-0.4, -0.2) is 62.5 Å². The number of benzene rings is 2. The van der Waals surface area contributed by atoms with Gasteiger partial charge in [0.15, 0.2) is 6.61 Å². The van der Waals surface area contributed by atoms with Crippen LogP contribution in [0, 0.1) is 6.92 Å². The summed E-state index contributed by atoms with van der Waals surface area (Å²) >= 11 is 0. The van der Waals surface area contributed by atoms with E-state index in [4.69, 9.17) is 9.47 Å². The number of rotatable bonds is 9. The Labute approximate surface area is 204 Å². The van der Waals surface area contributed by atoms with Crippen molar-refractivity contribution in [2.24, 2.45) is 0 Å². The van der Waals surface area contributed by atoms with Gasteiger partial charge in [0.25, 0.3) is 5.91 Å². The van der Waals surface area contributed by atoms with Gasteiger partial charge in [-0.15, -0.1) is 0 Å². The zero-order valence-electron chi connectivity index (χ0n) is 19.6. The number of H-pyrrole nitrogens is 1. The molecule has 0 bridgehead atoms. The first-order valence-corrected chi connectivity index (χ1v) is 13.0. The summed E-state index contributed by atoms with van der Waals surface area (Å²) in [5.41, 5.74) is 3.09. The van der Waals surface area contributed by atoms with Crippen LogP contribution in [0.15, 0.2) is 53.6 Å². The number of nitrogens with zero attached hydrogens (tertiary/aromatic N) is 1. The minimum Gasteiger partial charge on any atom is -0.456 e. The molecule has 2 heterocycles. The average molecular weight is 500 g/mol. The van der Waals surface area contributed by atoms with Crippen LogP contribution >= 0.6 is 0 Å². The summed E-state index contributed by atoms with van der Waals surface area (Å²) in [5, 5.41) is 3.74. The fourth-order valence-corrected chi connectivity index (χ4v) is 5.72. The Morgan fingerprint density at radius 2 is 1.91 bits per heavy atom. The maximum absolute atomic E-state index is 13.0. The van der Waals surface area contributed by atoms with Crippen LogP contribution in [0.2, 0.25) is 0 Å². The Bertz CT molecular complexity index is 1310. The Balaban J connectivity index is 1.26. The summed E-state index contributed by atoms with van der Waals surface area (Å²) in [4.78, 5) is 27.7. The molecule has 186 valence electrons. The van der Waals surface area contributed by atoms with Crippen LogP contribution < -0.4 is 5.32 Å². The molecule has 4 rings (SSSR count). The fraction of sp³-hybridized carbons (Fsp3) is 0.360. The number of aryl methyl sites for hydroxylation is 2. The lowest BCUT2D eigenvalue weighted by molar-refractivity contribution is -0.147. The molecule has 2 aromatic carbocycles. The van der Waals surface area contributed by atoms with Gasteiger partial charge in [0.1, 0.15) is 0 Å². The van der Waals surface area contributed by atoms with Gasteiger partial charge in [-0.25, -0.2) is 8.42 Å². The zero-order chi connectivity index (χ0) is 24.8. The fourth-order valence-electron chi connectivity index (χ4n) is 4.06. The minimum atomic E-state index is -3.71. The van der Waals surface area contributed by atoms with E-state index in [1.165, 1.54) is 10.4 Å². The number of anilines is 1. The molecule has 1 fully saturated rings. The van der Waals surface area contributed by atoms with Crippen molar-refractivity contribution in [3.05, 3.63) is 59.8 Å². The molecule has 3 aromatic rings. The summed E-state index contributed by atoms with van der Waals surface area (Å²) in [6, 6.07) is 12.7. The number of fused-ring (bicyclic) bond motifs is 1. The van der Waals surface area contributed by atoms with Crippen LogP contribution in [0.3, 0.4) is 0 Å². The molecule has 0 aliphatic carbocycles. The van der Waals surface area contributed by atoms with E-state index >= 15 is 0 Å². The number of hydrogen-bond acceptors (Lipinski definition) is 6. The number of carbonyl (C=O) groups excluding carboxylic acids is 2. The molecule has 1 aliphatic heterocycles. The number of aromatic nitrogens is 1. The van der Waals surface area contributed by atoms with Gasteiger partial charge in [0.2, 0.25) is 10.0 Å². The number of carbonyl (C=O) groups is 2. The van der Waals surface area contributed by atoms with Crippen molar-refractivity contribution in [2.75, 3.05) is 38.2 Å². The molecule has 0 atom stereocenters. The van der Waals surface area contributed by atoms with Crippen molar-refractivity contribution in [1.29, 1.82) is 0 Å². The Hall–Kier alpha value is -3.21. The number of hydrogen-bond donors (Lipinski definition) is 2. The van der Waals surface area contributed by atoms with E-state index in [0.29, 0.717) is 30.9 Å². The lowest BCUT2D eigenvalue weighted by atomic mass is 10.1. The van der Waals surface area contributed by atoms with Crippen molar-refractivity contribution >= 4 is 38.5 Å². The second-order valence-corrected chi connectivity index (χ2v) is 10.3. The van der Waals surface area contributed by atoms with E-state index in [2.05, 4.69) is 10.3 Å². The summed E-state index contributed by atoms with van der Waals surface area (Å²) < 4.78 is 37.7.